The predicted molar refractivity (Wildman–Crippen MR) is 126 cm³/mol. The summed E-state index contributed by atoms with van der Waals surface area (Å²) in [6.45, 7) is 2.73. The topological polar surface area (TPSA) is 83.7 Å². The SMILES string of the molecule is CCOc1ccc2[nH]c(=O)c(CN(C(=O)Nc3ccccc3OC)C3CCCC3)cc2c1. The Morgan fingerprint density at radius 1 is 1.16 bits per heavy atom. The van der Waals surface area contributed by atoms with Crippen LogP contribution in [0.15, 0.2) is 53.3 Å². The van der Waals surface area contributed by atoms with Crippen LogP contribution in [-0.4, -0.2) is 35.7 Å². The van der Waals surface area contributed by atoms with Gasteiger partial charge in [-0.25, -0.2) is 4.79 Å². The van der Waals surface area contributed by atoms with Gasteiger partial charge >= 0.3 is 6.03 Å². The number of benzene rings is 2. The second kappa shape index (κ2) is 9.77. The van der Waals surface area contributed by atoms with Gasteiger partial charge in [0.1, 0.15) is 11.5 Å². The van der Waals surface area contributed by atoms with Crippen molar-refractivity contribution < 1.29 is 14.3 Å². The predicted octanol–water partition coefficient (Wildman–Crippen LogP) is 4.91. The van der Waals surface area contributed by atoms with Crippen LogP contribution in [0.2, 0.25) is 0 Å². The maximum Gasteiger partial charge on any atom is 0.322 e. The summed E-state index contributed by atoms with van der Waals surface area (Å²) in [6, 6.07) is 14.6. The lowest BCUT2D eigenvalue weighted by Crippen LogP contribution is -2.42. The summed E-state index contributed by atoms with van der Waals surface area (Å²) >= 11 is 0. The molecule has 0 aliphatic heterocycles. The number of aromatic nitrogens is 1. The number of para-hydroxylation sites is 2. The van der Waals surface area contributed by atoms with E-state index in [0.29, 0.717) is 23.6 Å². The third-order valence-corrected chi connectivity index (χ3v) is 5.92. The Bertz CT molecular complexity index is 1150. The van der Waals surface area contributed by atoms with Crippen LogP contribution in [0.5, 0.6) is 11.5 Å². The molecule has 2 N–H and O–H groups in total. The number of rotatable bonds is 7. The standard InChI is InChI=1S/C25H29N3O4/c1-3-32-20-12-13-21-17(15-20)14-18(24(29)26-21)16-28(19-8-4-5-9-19)25(30)27-22-10-6-7-11-23(22)31-2/h6-7,10-15,19H,3-5,8-9,16H2,1-2H3,(H,26,29)(H,27,30). The number of nitrogens with one attached hydrogen (secondary N) is 2. The molecular weight excluding hydrogens is 406 g/mol. The Hall–Kier alpha value is -3.48. The molecule has 0 radical (unpaired) electrons. The molecule has 0 saturated heterocycles. The molecule has 1 heterocycles. The normalized spacial score (nSPS) is 13.8. The number of fused-ring (bicyclic) bond motifs is 1. The molecule has 2 aromatic carbocycles. The van der Waals surface area contributed by atoms with E-state index in [2.05, 4.69) is 10.3 Å². The highest BCUT2D eigenvalue weighted by Crippen LogP contribution is 2.28. The van der Waals surface area contributed by atoms with Gasteiger partial charge < -0.3 is 24.7 Å². The van der Waals surface area contributed by atoms with Crippen LogP contribution in [0.1, 0.15) is 38.2 Å². The molecule has 0 unspecified atom stereocenters. The molecule has 3 aromatic rings. The van der Waals surface area contributed by atoms with Crippen LogP contribution in [0, 0.1) is 0 Å². The number of carbonyl (C=O) groups excluding carboxylic acids is 1. The molecule has 7 heteroatoms. The van der Waals surface area contributed by atoms with E-state index in [9.17, 15) is 9.59 Å². The summed E-state index contributed by atoms with van der Waals surface area (Å²) in [4.78, 5) is 30.8. The van der Waals surface area contributed by atoms with E-state index in [1.165, 1.54) is 0 Å². The zero-order valence-corrected chi connectivity index (χ0v) is 18.5. The van der Waals surface area contributed by atoms with E-state index in [0.717, 1.165) is 42.3 Å². The first kappa shape index (κ1) is 21.7. The number of hydrogen-bond donors (Lipinski definition) is 2. The number of pyridine rings is 1. The van der Waals surface area contributed by atoms with Crippen molar-refractivity contribution in [1.29, 1.82) is 0 Å². The van der Waals surface area contributed by atoms with Gasteiger partial charge in [-0.2, -0.15) is 0 Å². The largest absolute Gasteiger partial charge is 0.495 e. The molecule has 1 aliphatic carbocycles. The summed E-state index contributed by atoms with van der Waals surface area (Å²) in [6.07, 6.45) is 4.02. The van der Waals surface area contributed by atoms with Crippen molar-refractivity contribution in [3.8, 4) is 11.5 Å². The van der Waals surface area contributed by atoms with Gasteiger partial charge in [0.05, 0.1) is 25.9 Å². The van der Waals surface area contributed by atoms with Gasteiger partial charge in [0, 0.05) is 22.5 Å². The van der Waals surface area contributed by atoms with Crippen LogP contribution in [0.25, 0.3) is 10.9 Å². The van der Waals surface area contributed by atoms with Crippen LogP contribution < -0.4 is 20.3 Å². The number of carbonyl (C=O) groups is 1. The Labute approximate surface area is 187 Å². The lowest BCUT2D eigenvalue weighted by molar-refractivity contribution is 0.184. The van der Waals surface area contributed by atoms with E-state index in [4.69, 9.17) is 9.47 Å². The van der Waals surface area contributed by atoms with Crippen molar-refractivity contribution in [3.63, 3.8) is 0 Å². The number of H-pyrrole nitrogens is 1. The minimum atomic E-state index is -0.232. The maximum atomic E-state index is 13.3. The van der Waals surface area contributed by atoms with E-state index >= 15 is 0 Å². The van der Waals surface area contributed by atoms with Crippen molar-refractivity contribution in [2.45, 2.75) is 45.2 Å². The molecule has 0 bridgehead atoms. The number of aromatic amines is 1. The second-order valence-corrected chi connectivity index (χ2v) is 8.00. The highest BCUT2D eigenvalue weighted by Gasteiger charge is 2.28. The van der Waals surface area contributed by atoms with Gasteiger partial charge in [-0.05, 0) is 56.2 Å². The number of methoxy groups -OCH3 is 1. The van der Waals surface area contributed by atoms with Crippen LogP contribution in [0.4, 0.5) is 10.5 Å². The Morgan fingerprint density at radius 2 is 1.94 bits per heavy atom. The molecule has 7 nitrogen and oxygen atoms in total. The van der Waals surface area contributed by atoms with Crippen molar-refractivity contribution in [1.82, 2.24) is 9.88 Å². The van der Waals surface area contributed by atoms with Crippen molar-refractivity contribution >= 4 is 22.6 Å². The van der Waals surface area contributed by atoms with Crippen LogP contribution in [0.3, 0.4) is 0 Å². The number of amides is 2. The zero-order chi connectivity index (χ0) is 22.5. The first-order chi connectivity index (χ1) is 15.6. The lowest BCUT2D eigenvalue weighted by Gasteiger charge is -2.29. The first-order valence-corrected chi connectivity index (χ1v) is 11.1. The van der Waals surface area contributed by atoms with Gasteiger partial charge in [0.2, 0.25) is 0 Å². The average molecular weight is 436 g/mol. The number of nitrogens with zero attached hydrogens (tertiary/aromatic N) is 1. The highest BCUT2D eigenvalue weighted by molar-refractivity contribution is 5.91. The van der Waals surface area contributed by atoms with E-state index in [1.54, 1.807) is 18.1 Å². The van der Waals surface area contributed by atoms with Crippen LogP contribution in [-0.2, 0) is 6.54 Å². The van der Waals surface area contributed by atoms with Crippen molar-refractivity contribution in [3.05, 3.63) is 64.4 Å². The third-order valence-electron chi connectivity index (χ3n) is 5.92. The molecule has 1 aliphatic rings. The summed E-state index contributed by atoms with van der Waals surface area (Å²) < 4.78 is 11.0. The average Bonchev–Trinajstić information content (AvgIpc) is 3.33. The molecule has 1 aromatic heterocycles. The molecule has 1 fully saturated rings. The molecule has 0 spiro atoms. The molecule has 32 heavy (non-hydrogen) atoms. The van der Waals surface area contributed by atoms with E-state index < -0.39 is 0 Å². The van der Waals surface area contributed by atoms with Gasteiger partial charge in [-0.3, -0.25) is 4.79 Å². The summed E-state index contributed by atoms with van der Waals surface area (Å²) in [5.74, 6) is 1.35. The Morgan fingerprint density at radius 3 is 2.69 bits per heavy atom. The highest BCUT2D eigenvalue weighted by atomic mass is 16.5. The molecule has 168 valence electrons. The van der Waals surface area contributed by atoms with E-state index in [-0.39, 0.29) is 24.2 Å². The molecule has 2 amide bonds. The molecular formula is C25H29N3O4. The summed E-state index contributed by atoms with van der Waals surface area (Å²) in [5.41, 5.74) is 1.72. The van der Waals surface area contributed by atoms with Gasteiger partial charge in [-0.15, -0.1) is 0 Å². The van der Waals surface area contributed by atoms with Gasteiger partial charge in [0.25, 0.3) is 5.56 Å². The van der Waals surface area contributed by atoms with Gasteiger partial charge in [0.15, 0.2) is 0 Å². The number of urea groups is 1. The summed E-state index contributed by atoms with van der Waals surface area (Å²) in [5, 5.41) is 3.85. The number of anilines is 1. The third kappa shape index (κ3) is 4.72. The van der Waals surface area contributed by atoms with E-state index in [1.807, 2.05) is 49.4 Å². The molecule has 4 rings (SSSR count). The monoisotopic (exact) mass is 435 g/mol. The van der Waals surface area contributed by atoms with Crippen molar-refractivity contribution in [2.75, 3.05) is 19.0 Å². The number of ether oxygens (including phenoxy) is 2. The smallest absolute Gasteiger partial charge is 0.322 e. The minimum Gasteiger partial charge on any atom is -0.495 e. The minimum absolute atomic E-state index is 0.0922. The zero-order valence-electron chi connectivity index (χ0n) is 18.5. The maximum absolute atomic E-state index is 13.3. The molecule has 1 saturated carbocycles. The lowest BCUT2D eigenvalue weighted by atomic mass is 10.1. The van der Waals surface area contributed by atoms with Gasteiger partial charge in [-0.1, -0.05) is 25.0 Å². The van der Waals surface area contributed by atoms with Crippen LogP contribution >= 0.6 is 0 Å². The number of hydrogen-bond acceptors (Lipinski definition) is 4. The Kier molecular flexibility index (Phi) is 6.63. The second-order valence-electron chi connectivity index (χ2n) is 8.00. The summed E-state index contributed by atoms with van der Waals surface area (Å²) in [7, 11) is 1.57. The fourth-order valence-corrected chi connectivity index (χ4v) is 4.30. The first-order valence-electron chi connectivity index (χ1n) is 11.1. The Balaban J connectivity index is 1.64. The van der Waals surface area contributed by atoms with Crippen molar-refractivity contribution in [2.24, 2.45) is 0 Å². The fourth-order valence-electron chi connectivity index (χ4n) is 4.30. The quantitative estimate of drug-likeness (QED) is 0.552. The molecule has 0 atom stereocenters. The fraction of sp³-hybridized carbons (Fsp3) is 0.360.